The van der Waals surface area contributed by atoms with Gasteiger partial charge in [-0.05, 0) is 50.9 Å². The fraction of sp³-hybridized carbons (Fsp3) is 0.556. The molecule has 3 saturated heterocycles. The van der Waals surface area contributed by atoms with Gasteiger partial charge in [-0.3, -0.25) is 0 Å². The van der Waals surface area contributed by atoms with Gasteiger partial charge in [-0.15, -0.1) is 0 Å². The number of aryl methyl sites for hydroxylation is 1. The molecule has 3 fully saturated rings. The van der Waals surface area contributed by atoms with Crippen LogP contribution in [-0.2, 0) is 6.54 Å². The Balaban J connectivity index is 1.50. The van der Waals surface area contributed by atoms with Gasteiger partial charge in [-0.1, -0.05) is 6.07 Å². The van der Waals surface area contributed by atoms with Crippen molar-refractivity contribution in [1.82, 2.24) is 19.8 Å². The van der Waals surface area contributed by atoms with E-state index in [9.17, 15) is 9.90 Å². The third kappa shape index (κ3) is 2.70. The van der Waals surface area contributed by atoms with Crippen LogP contribution in [0.5, 0.6) is 0 Å². The predicted octanol–water partition coefficient (Wildman–Crippen LogP) is 1.73. The van der Waals surface area contributed by atoms with Gasteiger partial charge in [0.05, 0.1) is 16.6 Å². The van der Waals surface area contributed by atoms with Crippen LogP contribution in [0.1, 0.15) is 29.0 Å². The van der Waals surface area contributed by atoms with E-state index in [0.717, 1.165) is 42.4 Å². The van der Waals surface area contributed by atoms with Crippen molar-refractivity contribution in [2.45, 2.75) is 32.4 Å². The number of hydrogen-bond donors (Lipinski definition) is 2. The minimum Gasteiger partial charge on any atom is -0.478 e. The second-order valence-electron chi connectivity index (χ2n) is 6.99. The van der Waals surface area contributed by atoms with Crippen molar-refractivity contribution in [3.8, 4) is 0 Å². The molecular weight excluding hydrogens is 304 g/mol. The van der Waals surface area contributed by atoms with Crippen LogP contribution >= 0.6 is 0 Å². The largest absolute Gasteiger partial charge is 0.478 e. The maximum absolute atomic E-state index is 11.5. The Labute approximate surface area is 141 Å². The molecule has 0 saturated carbocycles. The van der Waals surface area contributed by atoms with Gasteiger partial charge >= 0.3 is 5.97 Å². The zero-order valence-corrected chi connectivity index (χ0v) is 14.0. The SMILES string of the molecule is Cc1nc2cccc(C(=O)O)c2n1CCN[C@H]1CN2CCC1CC2. The van der Waals surface area contributed by atoms with Crippen LogP contribution in [0.15, 0.2) is 18.2 Å². The number of carbonyl (C=O) groups is 1. The van der Waals surface area contributed by atoms with E-state index in [4.69, 9.17) is 0 Å². The fourth-order valence-electron chi connectivity index (χ4n) is 4.31. The van der Waals surface area contributed by atoms with Gasteiger partial charge in [-0.25, -0.2) is 9.78 Å². The monoisotopic (exact) mass is 328 g/mol. The summed E-state index contributed by atoms with van der Waals surface area (Å²) in [6.07, 6.45) is 2.60. The molecule has 1 atom stereocenters. The van der Waals surface area contributed by atoms with Crippen molar-refractivity contribution < 1.29 is 9.90 Å². The van der Waals surface area contributed by atoms with Crippen molar-refractivity contribution in [3.05, 3.63) is 29.6 Å². The molecule has 0 radical (unpaired) electrons. The standard InChI is InChI=1S/C18H24N4O2/c1-12-20-15-4-2-3-14(18(23)24)17(15)22(12)10-7-19-16-11-21-8-5-13(16)6-9-21/h2-4,13,16,19H,5-11H2,1H3,(H,23,24)/t16-/m0/s1. The van der Waals surface area contributed by atoms with Gasteiger partial charge in [-0.2, -0.15) is 0 Å². The minimum absolute atomic E-state index is 0.330. The van der Waals surface area contributed by atoms with Crippen LogP contribution in [0.2, 0.25) is 0 Å². The average Bonchev–Trinajstić information content (AvgIpc) is 2.91. The number of nitrogens with zero attached hydrogens (tertiary/aromatic N) is 3. The first-order valence-electron chi connectivity index (χ1n) is 8.78. The van der Waals surface area contributed by atoms with Crippen LogP contribution in [-0.4, -0.2) is 57.7 Å². The number of rotatable bonds is 5. The second-order valence-corrected chi connectivity index (χ2v) is 6.99. The molecule has 2 aromatic rings. The lowest BCUT2D eigenvalue weighted by Gasteiger charge is -2.45. The lowest BCUT2D eigenvalue weighted by atomic mass is 9.84. The molecule has 24 heavy (non-hydrogen) atoms. The molecular formula is C18H24N4O2. The maximum Gasteiger partial charge on any atom is 0.337 e. The molecule has 0 amide bonds. The fourth-order valence-corrected chi connectivity index (χ4v) is 4.31. The molecule has 128 valence electrons. The minimum atomic E-state index is -0.896. The summed E-state index contributed by atoms with van der Waals surface area (Å²) < 4.78 is 2.03. The van der Waals surface area contributed by atoms with E-state index in [1.165, 1.54) is 25.9 Å². The van der Waals surface area contributed by atoms with Crippen molar-refractivity contribution >= 4 is 17.0 Å². The van der Waals surface area contributed by atoms with Gasteiger partial charge in [0, 0.05) is 25.7 Å². The molecule has 2 N–H and O–H groups in total. The normalized spacial score (nSPS) is 26.1. The van der Waals surface area contributed by atoms with Gasteiger partial charge in [0.2, 0.25) is 0 Å². The molecule has 0 spiro atoms. The highest BCUT2D eigenvalue weighted by molar-refractivity contribution is 6.01. The molecule has 0 unspecified atom stereocenters. The van der Waals surface area contributed by atoms with Crippen LogP contribution in [0, 0.1) is 12.8 Å². The molecule has 3 aliphatic heterocycles. The zero-order valence-electron chi connectivity index (χ0n) is 14.0. The first-order valence-corrected chi connectivity index (χ1v) is 8.78. The Morgan fingerprint density at radius 3 is 2.83 bits per heavy atom. The second kappa shape index (κ2) is 6.18. The number of nitrogens with one attached hydrogen (secondary N) is 1. The van der Waals surface area contributed by atoms with Crippen LogP contribution in [0.3, 0.4) is 0 Å². The molecule has 5 rings (SSSR count). The van der Waals surface area contributed by atoms with Crippen molar-refractivity contribution in [2.24, 2.45) is 5.92 Å². The van der Waals surface area contributed by atoms with Crippen LogP contribution in [0.4, 0.5) is 0 Å². The van der Waals surface area contributed by atoms with Crippen molar-refractivity contribution in [1.29, 1.82) is 0 Å². The lowest BCUT2D eigenvalue weighted by molar-refractivity contribution is 0.0698. The number of piperidine rings is 3. The summed E-state index contributed by atoms with van der Waals surface area (Å²) in [6, 6.07) is 5.87. The van der Waals surface area contributed by atoms with Gasteiger partial charge < -0.3 is 19.9 Å². The number of aromatic nitrogens is 2. The number of carboxylic acids is 1. The number of carboxylic acid groups (broad SMARTS) is 1. The zero-order chi connectivity index (χ0) is 16.7. The highest BCUT2D eigenvalue weighted by Crippen LogP contribution is 2.27. The third-order valence-corrected chi connectivity index (χ3v) is 5.59. The summed E-state index contributed by atoms with van der Waals surface area (Å²) in [6.45, 7) is 7.17. The quantitative estimate of drug-likeness (QED) is 0.875. The summed E-state index contributed by atoms with van der Waals surface area (Å²) >= 11 is 0. The van der Waals surface area contributed by atoms with E-state index in [-0.39, 0.29) is 0 Å². The number of para-hydroxylation sites is 1. The van der Waals surface area contributed by atoms with E-state index in [1.54, 1.807) is 12.1 Å². The van der Waals surface area contributed by atoms with E-state index < -0.39 is 5.97 Å². The Morgan fingerprint density at radius 1 is 1.38 bits per heavy atom. The summed E-state index contributed by atoms with van der Waals surface area (Å²) in [5.41, 5.74) is 1.82. The molecule has 6 heteroatoms. The first kappa shape index (κ1) is 15.6. The molecule has 3 aliphatic rings. The Hall–Kier alpha value is -1.92. The lowest BCUT2D eigenvalue weighted by Crippen LogP contribution is -2.56. The van der Waals surface area contributed by atoms with Crippen LogP contribution < -0.4 is 5.32 Å². The Morgan fingerprint density at radius 2 is 2.17 bits per heavy atom. The summed E-state index contributed by atoms with van der Waals surface area (Å²) in [5.74, 6) is 0.770. The molecule has 6 nitrogen and oxygen atoms in total. The Kier molecular flexibility index (Phi) is 4.02. The topological polar surface area (TPSA) is 70.4 Å². The molecule has 1 aromatic carbocycles. The highest BCUT2D eigenvalue weighted by Gasteiger charge is 2.33. The average molecular weight is 328 g/mol. The van der Waals surface area contributed by atoms with E-state index in [0.29, 0.717) is 11.6 Å². The predicted molar refractivity (Wildman–Crippen MR) is 92.4 cm³/mol. The van der Waals surface area contributed by atoms with E-state index >= 15 is 0 Å². The number of aromatic carboxylic acids is 1. The van der Waals surface area contributed by atoms with Gasteiger partial charge in [0.1, 0.15) is 5.82 Å². The number of imidazole rings is 1. The molecule has 2 bridgehead atoms. The van der Waals surface area contributed by atoms with Gasteiger partial charge in [0.25, 0.3) is 0 Å². The number of hydrogen-bond acceptors (Lipinski definition) is 4. The van der Waals surface area contributed by atoms with Crippen LogP contribution in [0.25, 0.3) is 11.0 Å². The summed E-state index contributed by atoms with van der Waals surface area (Å²) in [7, 11) is 0. The maximum atomic E-state index is 11.5. The molecule has 1 aromatic heterocycles. The first-order chi connectivity index (χ1) is 11.6. The molecule has 4 heterocycles. The van der Waals surface area contributed by atoms with E-state index in [1.807, 2.05) is 17.6 Å². The summed E-state index contributed by atoms with van der Waals surface area (Å²) in [4.78, 5) is 18.6. The van der Waals surface area contributed by atoms with Crippen molar-refractivity contribution in [2.75, 3.05) is 26.2 Å². The number of benzene rings is 1. The molecule has 0 aliphatic carbocycles. The highest BCUT2D eigenvalue weighted by atomic mass is 16.4. The van der Waals surface area contributed by atoms with Crippen molar-refractivity contribution in [3.63, 3.8) is 0 Å². The number of fused-ring (bicyclic) bond motifs is 4. The Bertz CT molecular complexity index is 762. The van der Waals surface area contributed by atoms with E-state index in [2.05, 4.69) is 15.2 Å². The van der Waals surface area contributed by atoms with Gasteiger partial charge in [0.15, 0.2) is 0 Å². The smallest absolute Gasteiger partial charge is 0.337 e. The summed E-state index contributed by atoms with van der Waals surface area (Å²) in [5, 5.41) is 13.1. The third-order valence-electron chi connectivity index (χ3n) is 5.59.